The number of nitrogens with one attached hydrogen (secondary N) is 1. The van der Waals surface area contributed by atoms with Gasteiger partial charge in [-0.05, 0) is 10.0 Å². The van der Waals surface area contributed by atoms with Crippen LogP contribution in [0, 0.1) is 10.1 Å². The van der Waals surface area contributed by atoms with Gasteiger partial charge in [0, 0.05) is 12.3 Å². The van der Waals surface area contributed by atoms with Gasteiger partial charge in [0.2, 0.25) is 5.65 Å². The van der Waals surface area contributed by atoms with E-state index in [4.69, 9.17) is 0 Å². The highest BCUT2D eigenvalue weighted by atomic mass is 16.6. The molecule has 8 heteroatoms. The Kier molecular flexibility index (Phi) is 1.35. The maximum atomic E-state index is 11.2. The van der Waals surface area contributed by atoms with Gasteiger partial charge < -0.3 is 10.1 Å². The smallest absolute Gasteiger partial charge is 0.358 e. The maximum absolute atomic E-state index is 11.2. The van der Waals surface area contributed by atoms with Crippen LogP contribution in [0.25, 0.3) is 5.65 Å². The van der Waals surface area contributed by atoms with Crippen LogP contribution in [-0.2, 0) is 0 Å². The first-order valence-corrected chi connectivity index (χ1v) is 3.27. The third kappa shape index (κ3) is 0.956. The fourth-order valence-corrected chi connectivity index (χ4v) is 0.924. The highest BCUT2D eigenvalue weighted by Crippen LogP contribution is 1.97. The van der Waals surface area contributed by atoms with Gasteiger partial charge in [-0.25, -0.2) is 0 Å². The number of nitrogens with zero attached hydrogens (tertiary/aromatic N) is 4. The Morgan fingerprint density at radius 1 is 1.54 bits per heavy atom. The SMILES string of the molecule is O=c1c([N+](=O)[O-])nnc2cc[nH]n12. The average molecular weight is 181 g/mol. The van der Waals surface area contributed by atoms with Crippen LogP contribution in [0.2, 0.25) is 0 Å². The first-order chi connectivity index (χ1) is 6.20. The molecule has 0 aliphatic heterocycles. The molecule has 0 radical (unpaired) electrons. The molecule has 0 unspecified atom stereocenters. The molecule has 2 heterocycles. The highest BCUT2D eigenvalue weighted by molar-refractivity contribution is 5.35. The zero-order chi connectivity index (χ0) is 9.42. The minimum absolute atomic E-state index is 0.246. The highest BCUT2D eigenvalue weighted by Gasteiger charge is 2.17. The van der Waals surface area contributed by atoms with Gasteiger partial charge in [0.25, 0.3) is 0 Å². The van der Waals surface area contributed by atoms with E-state index < -0.39 is 16.3 Å². The molecule has 66 valence electrons. The summed E-state index contributed by atoms with van der Waals surface area (Å²) >= 11 is 0. The summed E-state index contributed by atoms with van der Waals surface area (Å²) in [5.74, 6) is -0.792. The molecule has 0 aliphatic rings. The summed E-state index contributed by atoms with van der Waals surface area (Å²) in [6.07, 6.45) is 1.44. The summed E-state index contributed by atoms with van der Waals surface area (Å²) in [7, 11) is 0. The third-order valence-corrected chi connectivity index (χ3v) is 1.48. The fraction of sp³-hybridized carbons (Fsp3) is 0. The van der Waals surface area contributed by atoms with Crippen LogP contribution in [-0.4, -0.2) is 24.7 Å². The minimum Gasteiger partial charge on any atom is -0.358 e. The lowest BCUT2D eigenvalue weighted by Crippen LogP contribution is -2.20. The Morgan fingerprint density at radius 2 is 2.31 bits per heavy atom. The number of fused-ring (bicyclic) bond motifs is 1. The normalized spacial score (nSPS) is 10.5. The molecule has 13 heavy (non-hydrogen) atoms. The van der Waals surface area contributed by atoms with Crippen molar-refractivity contribution in [1.29, 1.82) is 0 Å². The summed E-state index contributed by atoms with van der Waals surface area (Å²) in [5.41, 5.74) is -0.574. The Balaban J connectivity index is 2.89. The lowest BCUT2D eigenvalue weighted by Gasteiger charge is -1.90. The lowest BCUT2D eigenvalue weighted by molar-refractivity contribution is -0.391. The molecule has 1 N–H and O–H groups in total. The predicted octanol–water partition coefficient (Wildman–Crippen LogP) is -0.674. The molecule has 2 rings (SSSR count). The molecule has 2 aromatic rings. The van der Waals surface area contributed by atoms with Crippen LogP contribution < -0.4 is 5.56 Å². The molecule has 0 amide bonds. The standard InChI is InChI=1S/C5H3N5O3/c11-5-4(10(12)13)8-7-3-1-2-6-9(3)5/h1-2,6H. The van der Waals surface area contributed by atoms with E-state index in [0.29, 0.717) is 0 Å². The van der Waals surface area contributed by atoms with Gasteiger partial charge in [0.15, 0.2) is 0 Å². The summed E-state index contributed by atoms with van der Waals surface area (Å²) in [6, 6.07) is 1.48. The summed E-state index contributed by atoms with van der Waals surface area (Å²) in [4.78, 5) is 20.6. The number of rotatable bonds is 1. The van der Waals surface area contributed by atoms with Crippen molar-refractivity contribution in [3.8, 4) is 0 Å². The van der Waals surface area contributed by atoms with E-state index in [1.807, 2.05) is 0 Å². The third-order valence-electron chi connectivity index (χ3n) is 1.48. The molecule has 0 atom stereocenters. The monoisotopic (exact) mass is 181 g/mol. The van der Waals surface area contributed by atoms with E-state index in [2.05, 4.69) is 15.3 Å². The number of H-pyrrole nitrogens is 1. The Hall–Kier alpha value is -2.25. The Morgan fingerprint density at radius 3 is 3.00 bits per heavy atom. The molecule has 2 aromatic heterocycles. The van der Waals surface area contributed by atoms with Gasteiger partial charge in [0.05, 0.1) is 5.10 Å². The van der Waals surface area contributed by atoms with Crippen molar-refractivity contribution >= 4 is 11.5 Å². The van der Waals surface area contributed by atoms with Crippen molar-refractivity contribution in [3.63, 3.8) is 0 Å². The second-order valence-corrected chi connectivity index (χ2v) is 2.24. The average Bonchev–Trinajstić information content (AvgIpc) is 2.52. The van der Waals surface area contributed by atoms with Crippen LogP contribution in [0.3, 0.4) is 0 Å². The van der Waals surface area contributed by atoms with Crippen molar-refractivity contribution < 1.29 is 4.92 Å². The van der Waals surface area contributed by atoms with Crippen LogP contribution in [0.1, 0.15) is 0 Å². The fourth-order valence-electron chi connectivity index (χ4n) is 0.924. The van der Waals surface area contributed by atoms with E-state index in [9.17, 15) is 14.9 Å². The molecule has 0 aromatic carbocycles. The van der Waals surface area contributed by atoms with Gasteiger partial charge in [-0.2, -0.15) is 4.52 Å². The van der Waals surface area contributed by atoms with Gasteiger partial charge in [-0.3, -0.25) is 9.89 Å². The van der Waals surface area contributed by atoms with Gasteiger partial charge >= 0.3 is 11.4 Å². The second-order valence-electron chi connectivity index (χ2n) is 2.24. The predicted molar refractivity (Wildman–Crippen MR) is 40.3 cm³/mol. The molecule has 0 saturated heterocycles. The molecular weight excluding hydrogens is 178 g/mol. The van der Waals surface area contributed by atoms with Crippen molar-refractivity contribution in [2.24, 2.45) is 0 Å². The lowest BCUT2D eigenvalue weighted by atomic mass is 10.6. The summed E-state index contributed by atoms with van der Waals surface area (Å²) in [6.45, 7) is 0. The van der Waals surface area contributed by atoms with E-state index in [-0.39, 0.29) is 5.65 Å². The first-order valence-electron chi connectivity index (χ1n) is 3.27. The van der Waals surface area contributed by atoms with Gasteiger partial charge in [0.1, 0.15) is 0 Å². The van der Waals surface area contributed by atoms with Crippen LogP contribution in [0.15, 0.2) is 17.1 Å². The molecule has 8 nitrogen and oxygen atoms in total. The molecule has 0 spiro atoms. The number of hydrogen-bond donors (Lipinski definition) is 1. The van der Waals surface area contributed by atoms with Crippen LogP contribution in [0.4, 0.5) is 5.82 Å². The molecular formula is C5H3N5O3. The molecule has 0 aliphatic carbocycles. The zero-order valence-corrected chi connectivity index (χ0v) is 6.17. The van der Waals surface area contributed by atoms with Crippen molar-refractivity contribution in [1.82, 2.24) is 19.8 Å². The number of hydrogen-bond acceptors (Lipinski definition) is 5. The number of aromatic amines is 1. The summed E-state index contributed by atoms with van der Waals surface area (Å²) < 4.78 is 0.950. The topological polar surface area (TPSA) is 106 Å². The molecule has 0 fully saturated rings. The largest absolute Gasteiger partial charge is 0.458 e. The number of nitro groups is 1. The van der Waals surface area contributed by atoms with Crippen molar-refractivity contribution in [3.05, 3.63) is 32.7 Å². The zero-order valence-electron chi connectivity index (χ0n) is 6.17. The van der Waals surface area contributed by atoms with E-state index in [1.54, 1.807) is 0 Å². The quantitative estimate of drug-likeness (QED) is 0.463. The van der Waals surface area contributed by atoms with Crippen molar-refractivity contribution in [2.45, 2.75) is 0 Å². The van der Waals surface area contributed by atoms with Gasteiger partial charge in [-0.1, -0.05) is 0 Å². The first kappa shape index (κ1) is 7.40. The van der Waals surface area contributed by atoms with E-state index >= 15 is 0 Å². The Bertz CT molecular complexity index is 526. The van der Waals surface area contributed by atoms with Gasteiger partial charge in [-0.15, -0.1) is 0 Å². The molecule has 0 bridgehead atoms. The Labute approximate surface area is 70.0 Å². The van der Waals surface area contributed by atoms with E-state index in [1.165, 1.54) is 12.3 Å². The maximum Gasteiger partial charge on any atom is 0.458 e. The van der Waals surface area contributed by atoms with Crippen molar-refractivity contribution in [2.75, 3.05) is 0 Å². The van der Waals surface area contributed by atoms with E-state index in [0.717, 1.165) is 4.52 Å². The number of aromatic nitrogens is 4. The second kappa shape index (κ2) is 2.37. The van der Waals surface area contributed by atoms with Crippen LogP contribution in [0.5, 0.6) is 0 Å². The summed E-state index contributed by atoms with van der Waals surface area (Å²) in [5, 5.41) is 19.4. The minimum atomic E-state index is -0.872. The van der Waals surface area contributed by atoms with Crippen LogP contribution >= 0.6 is 0 Å². The molecule has 0 saturated carbocycles.